The van der Waals surface area contributed by atoms with Crippen LogP contribution in [-0.4, -0.2) is 12.2 Å². The van der Waals surface area contributed by atoms with E-state index in [1.54, 1.807) is 0 Å². The summed E-state index contributed by atoms with van der Waals surface area (Å²) in [5.74, 6) is 0.369. The molecule has 0 atom stereocenters. The summed E-state index contributed by atoms with van der Waals surface area (Å²) in [5, 5.41) is 13.3. The van der Waals surface area contributed by atoms with Crippen LogP contribution in [0.25, 0.3) is 0 Å². The Hall–Kier alpha value is -1.18. The number of hydrogen-bond acceptors (Lipinski definition) is 2. The maximum Gasteiger partial charge on any atom is 0.142 e. The molecule has 0 amide bonds. The number of anilines is 1. The van der Waals surface area contributed by atoms with Gasteiger partial charge in [0.05, 0.1) is 5.69 Å². The molecule has 17 heavy (non-hydrogen) atoms. The summed E-state index contributed by atoms with van der Waals surface area (Å²) in [4.78, 5) is 0. The maximum absolute atomic E-state index is 10.3. The molecule has 1 rings (SSSR count). The fraction of sp³-hybridized carbons (Fsp3) is 0.600. The molecule has 0 saturated heterocycles. The van der Waals surface area contributed by atoms with Gasteiger partial charge in [-0.25, -0.2) is 0 Å². The van der Waals surface area contributed by atoms with Crippen LogP contribution < -0.4 is 5.32 Å². The Morgan fingerprint density at radius 1 is 0.941 bits per heavy atom. The zero-order valence-corrected chi connectivity index (χ0v) is 12.1. The minimum atomic E-state index is -0.0586. The van der Waals surface area contributed by atoms with E-state index in [1.807, 2.05) is 13.1 Å². The first kappa shape index (κ1) is 13.9. The van der Waals surface area contributed by atoms with Crippen molar-refractivity contribution in [1.29, 1.82) is 0 Å². The van der Waals surface area contributed by atoms with Gasteiger partial charge in [0.2, 0.25) is 0 Å². The van der Waals surface area contributed by atoms with Crippen molar-refractivity contribution in [3.8, 4) is 5.75 Å². The first-order valence-electron chi connectivity index (χ1n) is 6.13. The quantitative estimate of drug-likeness (QED) is 0.720. The highest BCUT2D eigenvalue weighted by Crippen LogP contribution is 2.39. The molecule has 0 saturated carbocycles. The predicted octanol–water partition coefficient (Wildman–Crippen LogP) is 4.03. The SMILES string of the molecule is CNc1cc(C(C)(C)C)cc(C(C)(C)C)c1O. The normalized spacial score (nSPS) is 12.6. The topological polar surface area (TPSA) is 32.3 Å². The number of hydrogen-bond donors (Lipinski definition) is 2. The van der Waals surface area contributed by atoms with Gasteiger partial charge in [-0.2, -0.15) is 0 Å². The maximum atomic E-state index is 10.3. The Labute approximate surface area is 105 Å². The largest absolute Gasteiger partial charge is 0.505 e. The molecular formula is C15H25NO. The first-order chi connectivity index (χ1) is 7.57. The average Bonchev–Trinajstić information content (AvgIpc) is 2.14. The molecule has 0 aliphatic carbocycles. The summed E-state index contributed by atoms with van der Waals surface area (Å²) in [6, 6.07) is 4.15. The lowest BCUT2D eigenvalue weighted by Gasteiger charge is -2.27. The minimum Gasteiger partial charge on any atom is -0.505 e. The van der Waals surface area contributed by atoms with Crippen molar-refractivity contribution < 1.29 is 5.11 Å². The van der Waals surface area contributed by atoms with Gasteiger partial charge in [-0.1, -0.05) is 47.6 Å². The van der Waals surface area contributed by atoms with Gasteiger partial charge in [0.1, 0.15) is 5.75 Å². The van der Waals surface area contributed by atoms with Gasteiger partial charge >= 0.3 is 0 Å². The molecule has 0 radical (unpaired) electrons. The van der Waals surface area contributed by atoms with E-state index in [0.29, 0.717) is 5.75 Å². The number of rotatable bonds is 1. The summed E-state index contributed by atoms with van der Waals surface area (Å²) < 4.78 is 0. The van der Waals surface area contributed by atoms with E-state index in [2.05, 4.69) is 52.9 Å². The number of nitrogens with one attached hydrogen (secondary N) is 1. The zero-order valence-electron chi connectivity index (χ0n) is 12.1. The Morgan fingerprint density at radius 2 is 1.47 bits per heavy atom. The molecule has 0 fully saturated rings. The second-order valence-corrected chi connectivity index (χ2v) is 6.67. The fourth-order valence-corrected chi connectivity index (χ4v) is 1.83. The van der Waals surface area contributed by atoms with Crippen molar-refractivity contribution in [2.75, 3.05) is 12.4 Å². The smallest absolute Gasteiger partial charge is 0.142 e. The summed E-state index contributed by atoms with van der Waals surface area (Å²) in [7, 11) is 1.84. The van der Waals surface area contributed by atoms with Crippen LogP contribution in [0.3, 0.4) is 0 Å². The van der Waals surface area contributed by atoms with Gasteiger partial charge in [0.25, 0.3) is 0 Å². The molecule has 96 valence electrons. The van der Waals surface area contributed by atoms with Crippen molar-refractivity contribution in [2.45, 2.75) is 52.4 Å². The van der Waals surface area contributed by atoms with E-state index >= 15 is 0 Å². The van der Waals surface area contributed by atoms with Gasteiger partial charge in [-0.15, -0.1) is 0 Å². The molecule has 0 spiro atoms. The lowest BCUT2D eigenvalue weighted by molar-refractivity contribution is 0.447. The van der Waals surface area contributed by atoms with Crippen molar-refractivity contribution in [3.63, 3.8) is 0 Å². The summed E-state index contributed by atoms with van der Waals surface area (Å²) in [6.07, 6.45) is 0. The summed E-state index contributed by atoms with van der Waals surface area (Å²) in [5.41, 5.74) is 3.07. The van der Waals surface area contributed by atoms with Crippen LogP contribution in [0.1, 0.15) is 52.7 Å². The molecule has 0 aliphatic rings. The van der Waals surface area contributed by atoms with Gasteiger partial charge in [0.15, 0.2) is 0 Å². The van der Waals surface area contributed by atoms with E-state index < -0.39 is 0 Å². The highest BCUT2D eigenvalue weighted by atomic mass is 16.3. The van der Waals surface area contributed by atoms with Crippen LogP contribution >= 0.6 is 0 Å². The standard InChI is InChI=1S/C15H25NO/c1-14(2,3)10-8-11(15(4,5)6)13(17)12(9-10)16-7/h8-9,16-17H,1-7H3. The Bertz CT molecular complexity index is 408. The zero-order chi connectivity index (χ0) is 13.4. The molecule has 0 unspecified atom stereocenters. The van der Waals surface area contributed by atoms with Crippen LogP contribution in [0.5, 0.6) is 5.75 Å². The molecule has 2 nitrogen and oxygen atoms in total. The van der Waals surface area contributed by atoms with Crippen LogP contribution in [0.15, 0.2) is 12.1 Å². The van der Waals surface area contributed by atoms with Crippen molar-refractivity contribution in [1.82, 2.24) is 0 Å². The Kier molecular flexibility index (Phi) is 3.47. The third-order valence-electron chi connectivity index (χ3n) is 3.05. The third kappa shape index (κ3) is 2.93. The van der Waals surface area contributed by atoms with E-state index in [0.717, 1.165) is 11.3 Å². The molecule has 2 heteroatoms. The van der Waals surface area contributed by atoms with Crippen LogP contribution in [0.4, 0.5) is 5.69 Å². The molecule has 0 heterocycles. The van der Waals surface area contributed by atoms with Gasteiger partial charge in [-0.05, 0) is 22.5 Å². The number of phenolic OH excluding ortho intramolecular Hbond substituents is 1. The molecule has 0 bridgehead atoms. The highest BCUT2D eigenvalue weighted by Gasteiger charge is 2.24. The molecule has 1 aromatic carbocycles. The highest BCUT2D eigenvalue weighted by molar-refractivity contribution is 5.63. The van der Waals surface area contributed by atoms with Gasteiger partial charge < -0.3 is 10.4 Å². The van der Waals surface area contributed by atoms with E-state index in [1.165, 1.54) is 5.56 Å². The number of phenols is 1. The van der Waals surface area contributed by atoms with E-state index in [9.17, 15) is 5.11 Å². The second kappa shape index (κ2) is 4.25. The van der Waals surface area contributed by atoms with Crippen LogP contribution in [-0.2, 0) is 10.8 Å². The Morgan fingerprint density at radius 3 is 1.82 bits per heavy atom. The molecule has 0 aliphatic heterocycles. The molecule has 1 aromatic rings. The van der Waals surface area contributed by atoms with Gasteiger partial charge in [-0.3, -0.25) is 0 Å². The summed E-state index contributed by atoms with van der Waals surface area (Å²) in [6.45, 7) is 12.9. The fourth-order valence-electron chi connectivity index (χ4n) is 1.83. The predicted molar refractivity (Wildman–Crippen MR) is 75.1 cm³/mol. The first-order valence-corrected chi connectivity index (χ1v) is 6.13. The van der Waals surface area contributed by atoms with Gasteiger partial charge in [0, 0.05) is 12.6 Å². The van der Waals surface area contributed by atoms with E-state index in [4.69, 9.17) is 0 Å². The van der Waals surface area contributed by atoms with Crippen molar-refractivity contribution in [2.24, 2.45) is 0 Å². The van der Waals surface area contributed by atoms with Crippen molar-refractivity contribution in [3.05, 3.63) is 23.3 Å². The molecule has 0 aromatic heterocycles. The monoisotopic (exact) mass is 235 g/mol. The number of benzene rings is 1. The van der Waals surface area contributed by atoms with Crippen molar-refractivity contribution >= 4 is 5.69 Å². The number of aromatic hydroxyl groups is 1. The second-order valence-electron chi connectivity index (χ2n) is 6.67. The average molecular weight is 235 g/mol. The molecular weight excluding hydrogens is 210 g/mol. The Balaban J connectivity index is 3.50. The van der Waals surface area contributed by atoms with Crippen LogP contribution in [0.2, 0.25) is 0 Å². The summed E-state index contributed by atoms with van der Waals surface area (Å²) >= 11 is 0. The lowest BCUT2D eigenvalue weighted by atomic mass is 9.80. The molecule has 2 N–H and O–H groups in total. The minimum absolute atomic E-state index is 0.0586. The third-order valence-corrected chi connectivity index (χ3v) is 3.05. The van der Waals surface area contributed by atoms with E-state index in [-0.39, 0.29) is 10.8 Å². The van der Waals surface area contributed by atoms with Crippen LogP contribution in [0, 0.1) is 0 Å². The lowest BCUT2D eigenvalue weighted by Crippen LogP contribution is -2.17.